The van der Waals surface area contributed by atoms with Crippen molar-refractivity contribution >= 4 is 45.0 Å². The maximum atomic E-state index is 12.0. The summed E-state index contributed by atoms with van der Waals surface area (Å²) >= 11 is 3.25. The second kappa shape index (κ2) is 6.69. The number of aliphatic hydroxyl groups is 1. The summed E-state index contributed by atoms with van der Waals surface area (Å²) in [6.45, 7) is -0.226. The fraction of sp³-hybridized carbons (Fsp3) is 0.0769. The minimum Gasteiger partial charge on any atom is -0.507 e. The average molecular weight is 400 g/mol. The number of thiazole rings is 1. The van der Waals surface area contributed by atoms with Gasteiger partial charge in [0.1, 0.15) is 12.4 Å². The number of hydrogen-bond acceptors (Lipinski definition) is 5. The summed E-state index contributed by atoms with van der Waals surface area (Å²) in [5.41, 5.74) is 0.190. The van der Waals surface area contributed by atoms with E-state index in [1.165, 1.54) is 23.6 Å². The second-order valence-electron chi connectivity index (χ2n) is 3.61. The van der Waals surface area contributed by atoms with Crippen LogP contribution < -0.4 is 5.32 Å². The standard InChI is InChI=1S/C13H9IN2O3S/c14-8-3-4-11(18)10(6-8)12(19)16-13-15-7-9(20-13)2-1-5-17/h3-4,6-7,17-18H,5H2,(H,15,16,19). The molecule has 1 amide bonds. The largest absolute Gasteiger partial charge is 0.507 e. The third-order valence-electron chi connectivity index (χ3n) is 2.22. The minimum atomic E-state index is -0.433. The van der Waals surface area contributed by atoms with E-state index >= 15 is 0 Å². The zero-order valence-electron chi connectivity index (χ0n) is 10.1. The Morgan fingerprint density at radius 2 is 2.30 bits per heavy atom. The summed E-state index contributed by atoms with van der Waals surface area (Å²) in [5, 5.41) is 21.3. The molecule has 5 nitrogen and oxygen atoms in total. The predicted molar refractivity (Wildman–Crippen MR) is 84.9 cm³/mol. The van der Waals surface area contributed by atoms with Gasteiger partial charge in [0.2, 0.25) is 0 Å². The molecule has 0 aliphatic carbocycles. The number of nitrogens with zero attached hydrogens (tertiary/aromatic N) is 1. The zero-order chi connectivity index (χ0) is 14.5. The summed E-state index contributed by atoms with van der Waals surface area (Å²) in [4.78, 5) is 16.7. The van der Waals surface area contributed by atoms with E-state index in [-0.39, 0.29) is 17.9 Å². The number of carbonyl (C=O) groups excluding carboxylic acids is 1. The van der Waals surface area contributed by atoms with Crippen molar-refractivity contribution in [2.45, 2.75) is 0 Å². The molecule has 0 atom stereocenters. The van der Waals surface area contributed by atoms with Crippen LogP contribution in [0.4, 0.5) is 5.13 Å². The highest BCUT2D eigenvalue weighted by Gasteiger charge is 2.13. The van der Waals surface area contributed by atoms with Crippen molar-refractivity contribution in [1.29, 1.82) is 0 Å². The van der Waals surface area contributed by atoms with Crippen molar-refractivity contribution < 1.29 is 15.0 Å². The predicted octanol–water partition coefficient (Wildman–Crippen LogP) is 2.05. The molecule has 1 heterocycles. The third kappa shape index (κ3) is 3.69. The van der Waals surface area contributed by atoms with Crippen LogP contribution in [0.3, 0.4) is 0 Å². The maximum Gasteiger partial charge on any atom is 0.261 e. The number of carbonyl (C=O) groups is 1. The fourth-order valence-electron chi connectivity index (χ4n) is 1.37. The van der Waals surface area contributed by atoms with E-state index in [1.54, 1.807) is 12.1 Å². The van der Waals surface area contributed by atoms with Gasteiger partial charge in [-0.3, -0.25) is 10.1 Å². The van der Waals surface area contributed by atoms with E-state index in [1.807, 2.05) is 0 Å². The number of hydrogen-bond donors (Lipinski definition) is 3. The van der Waals surface area contributed by atoms with Crippen molar-refractivity contribution in [2.24, 2.45) is 0 Å². The van der Waals surface area contributed by atoms with Crippen LogP contribution in [0.5, 0.6) is 5.75 Å². The first kappa shape index (κ1) is 14.8. The molecule has 0 spiro atoms. The topological polar surface area (TPSA) is 82.5 Å². The van der Waals surface area contributed by atoms with Crippen LogP contribution in [0.25, 0.3) is 0 Å². The quantitative estimate of drug-likeness (QED) is 0.533. The zero-order valence-corrected chi connectivity index (χ0v) is 13.0. The molecule has 1 aromatic heterocycles. The SMILES string of the molecule is O=C(Nc1ncc(C#CCO)s1)c1cc(I)ccc1O. The van der Waals surface area contributed by atoms with Gasteiger partial charge in [0.05, 0.1) is 16.6 Å². The number of rotatable bonds is 2. The first-order valence-electron chi connectivity index (χ1n) is 5.45. The van der Waals surface area contributed by atoms with Crippen molar-refractivity contribution in [1.82, 2.24) is 4.98 Å². The third-order valence-corrected chi connectivity index (χ3v) is 3.72. The Labute approximate surface area is 132 Å². The molecule has 2 rings (SSSR count). The molecule has 0 radical (unpaired) electrons. The number of phenols is 1. The van der Waals surface area contributed by atoms with Gasteiger partial charge in [-0.1, -0.05) is 23.2 Å². The molecule has 20 heavy (non-hydrogen) atoms. The van der Waals surface area contributed by atoms with Crippen molar-refractivity contribution in [3.8, 4) is 17.6 Å². The maximum absolute atomic E-state index is 12.0. The molecule has 0 aliphatic heterocycles. The summed E-state index contributed by atoms with van der Waals surface area (Å²) in [6, 6.07) is 4.76. The molecule has 0 unspecified atom stereocenters. The average Bonchev–Trinajstić information content (AvgIpc) is 2.86. The van der Waals surface area contributed by atoms with Crippen LogP contribution in [0, 0.1) is 15.4 Å². The van der Waals surface area contributed by atoms with Gasteiger partial charge >= 0.3 is 0 Å². The molecule has 0 fully saturated rings. The lowest BCUT2D eigenvalue weighted by Gasteiger charge is -2.04. The van der Waals surface area contributed by atoms with E-state index in [9.17, 15) is 9.90 Å². The number of aromatic nitrogens is 1. The number of halogens is 1. The van der Waals surface area contributed by atoms with Crippen LogP contribution in [-0.4, -0.2) is 27.7 Å². The van der Waals surface area contributed by atoms with Gasteiger partial charge in [0.15, 0.2) is 5.13 Å². The first-order valence-corrected chi connectivity index (χ1v) is 7.35. The molecule has 0 saturated carbocycles. The van der Waals surface area contributed by atoms with Crippen molar-refractivity contribution in [3.05, 3.63) is 38.4 Å². The fourth-order valence-corrected chi connectivity index (χ4v) is 2.55. The smallest absolute Gasteiger partial charge is 0.261 e. The number of nitrogens with one attached hydrogen (secondary N) is 1. The molecule has 0 bridgehead atoms. The lowest BCUT2D eigenvalue weighted by Crippen LogP contribution is -2.12. The Hall–Kier alpha value is -1.63. The van der Waals surface area contributed by atoms with Crippen LogP contribution in [0.1, 0.15) is 15.2 Å². The van der Waals surface area contributed by atoms with Gasteiger partial charge < -0.3 is 10.2 Å². The van der Waals surface area contributed by atoms with Gasteiger partial charge in [-0.15, -0.1) is 0 Å². The summed E-state index contributed by atoms with van der Waals surface area (Å²) in [6.07, 6.45) is 1.51. The van der Waals surface area contributed by atoms with Crippen LogP contribution >= 0.6 is 33.9 Å². The Morgan fingerprint density at radius 3 is 3.05 bits per heavy atom. The molecule has 7 heteroatoms. The monoisotopic (exact) mass is 400 g/mol. The van der Waals surface area contributed by atoms with E-state index in [4.69, 9.17) is 5.11 Å². The van der Waals surface area contributed by atoms with Crippen LogP contribution in [0.2, 0.25) is 0 Å². The first-order chi connectivity index (χ1) is 9.60. The van der Waals surface area contributed by atoms with Gasteiger partial charge in [-0.05, 0) is 40.8 Å². The normalized spacial score (nSPS) is 9.70. The molecule has 0 saturated heterocycles. The number of amides is 1. The minimum absolute atomic E-state index is 0.0835. The van der Waals surface area contributed by atoms with Gasteiger partial charge in [-0.25, -0.2) is 4.98 Å². The van der Waals surface area contributed by atoms with Crippen molar-refractivity contribution in [2.75, 3.05) is 11.9 Å². The van der Waals surface area contributed by atoms with Gasteiger partial charge in [0.25, 0.3) is 5.91 Å². The lowest BCUT2D eigenvalue weighted by atomic mass is 10.2. The highest BCUT2D eigenvalue weighted by Crippen LogP contribution is 2.22. The highest BCUT2D eigenvalue weighted by molar-refractivity contribution is 14.1. The molecular formula is C13H9IN2O3S. The van der Waals surface area contributed by atoms with Gasteiger partial charge in [0, 0.05) is 3.57 Å². The van der Waals surface area contributed by atoms with E-state index < -0.39 is 5.91 Å². The van der Waals surface area contributed by atoms with Crippen LogP contribution in [-0.2, 0) is 0 Å². The molecule has 3 N–H and O–H groups in total. The number of phenolic OH excluding ortho intramolecular Hbond substituents is 1. The summed E-state index contributed by atoms with van der Waals surface area (Å²) in [5.74, 6) is 4.69. The second-order valence-corrected chi connectivity index (χ2v) is 5.88. The summed E-state index contributed by atoms with van der Waals surface area (Å²) in [7, 11) is 0. The Bertz CT molecular complexity index is 703. The Balaban J connectivity index is 2.15. The number of aromatic hydroxyl groups is 1. The highest BCUT2D eigenvalue weighted by atomic mass is 127. The number of benzene rings is 1. The van der Waals surface area contributed by atoms with Crippen molar-refractivity contribution in [3.63, 3.8) is 0 Å². The Morgan fingerprint density at radius 1 is 1.50 bits per heavy atom. The van der Waals surface area contributed by atoms with Gasteiger partial charge in [-0.2, -0.15) is 0 Å². The molecule has 102 valence electrons. The van der Waals surface area contributed by atoms with Crippen LogP contribution in [0.15, 0.2) is 24.4 Å². The summed E-state index contributed by atoms with van der Waals surface area (Å²) < 4.78 is 0.846. The number of aliphatic hydroxyl groups excluding tert-OH is 1. The molecule has 2 aromatic rings. The molecule has 1 aromatic carbocycles. The van der Waals surface area contributed by atoms with E-state index in [2.05, 4.69) is 44.7 Å². The lowest BCUT2D eigenvalue weighted by molar-refractivity contribution is 0.102. The molecular weight excluding hydrogens is 391 g/mol. The van der Waals surface area contributed by atoms with E-state index in [0.717, 1.165) is 3.57 Å². The van der Waals surface area contributed by atoms with E-state index in [0.29, 0.717) is 10.0 Å². The molecule has 0 aliphatic rings. The number of anilines is 1. The Kier molecular flexibility index (Phi) is 4.94.